The quantitative estimate of drug-likeness (QED) is 0.402. The van der Waals surface area contributed by atoms with Gasteiger partial charge in [0.05, 0.1) is 0 Å². The van der Waals surface area contributed by atoms with Gasteiger partial charge in [-0.1, -0.05) is 86.0 Å². The second kappa shape index (κ2) is 12.8. The molecule has 36 heavy (non-hydrogen) atoms. The molecule has 2 amide bonds. The monoisotopic (exact) mass is 486 g/mol. The van der Waals surface area contributed by atoms with E-state index in [-0.39, 0.29) is 18.2 Å². The Bertz CT molecular complexity index is 1130. The largest absolute Gasteiger partial charge is 0.485 e. The molecule has 0 radical (unpaired) electrons. The van der Waals surface area contributed by atoms with Crippen LogP contribution in [0.15, 0.2) is 78.9 Å². The Kier molecular flexibility index (Phi) is 8.98. The van der Waals surface area contributed by atoms with Crippen LogP contribution in [0.4, 0.5) is 0 Å². The molecule has 0 bridgehead atoms. The molecular weight excluding hydrogens is 452 g/mol. The first kappa shape index (κ1) is 25.3. The standard InChI is InChI=1S/C30H34N2O4/c31-29(33)26(32-30(34)25-14-8-3-9-15-25)18-24-16-17-27(35-20-22-10-4-1-5-11-22)28(19-24)36-21-23-12-6-2-7-13-23/h1-2,4-7,10-13,16-17,19,25-26H,3,8-9,14-15,18,20-21H2,(H2,31,33)(H,32,34)/t26-/m1/s1. The maximum absolute atomic E-state index is 12.7. The van der Waals surface area contributed by atoms with Gasteiger partial charge in [0.25, 0.3) is 0 Å². The van der Waals surface area contributed by atoms with Crippen LogP contribution in [0.5, 0.6) is 11.5 Å². The third-order valence-corrected chi connectivity index (χ3v) is 6.56. The van der Waals surface area contributed by atoms with Crippen molar-refractivity contribution in [1.29, 1.82) is 0 Å². The first-order valence-electron chi connectivity index (χ1n) is 12.6. The van der Waals surface area contributed by atoms with Gasteiger partial charge < -0.3 is 20.5 Å². The van der Waals surface area contributed by atoms with E-state index in [1.807, 2.05) is 78.9 Å². The first-order valence-corrected chi connectivity index (χ1v) is 12.6. The minimum atomic E-state index is -0.780. The van der Waals surface area contributed by atoms with Gasteiger partial charge in [0.1, 0.15) is 19.3 Å². The molecule has 3 N–H and O–H groups in total. The van der Waals surface area contributed by atoms with Crippen LogP contribution in [0.3, 0.4) is 0 Å². The number of hydrogen-bond donors (Lipinski definition) is 2. The molecule has 1 atom stereocenters. The van der Waals surface area contributed by atoms with Crippen LogP contribution in [0.2, 0.25) is 0 Å². The van der Waals surface area contributed by atoms with Gasteiger partial charge in [-0.15, -0.1) is 0 Å². The molecule has 188 valence electrons. The molecule has 0 heterocycles. The Morgan fingerprint density at radius 3 is 1.94 bits per heavy atom. The molecule has 3 aromatic rings. The zero-order valence-electron chi connectivity index (χ0n) is 20.5. The molecule has 0 spiro atoms. The van der Waals surface area contributed by atoms with E-state index < -0.39 is 11.9 Å². The first-order chi connectivity index (χ1) is 17.6. The van der Waals surface area contributed by atoms with Crippen LogP contribution in [0.25, 0.3) is 0 Å². The van der Waals surface area contributed by atoms with Crippen LogP contribution in [0, 0.1) is 5.92 Å². The van der Waals surface area contributed by atoms with Crippen molar-refractivity contribution in [3.63, 3.8) is 0 Å². The third kappa shape index (κ3) is 7.35. The van der Waals surface area contributed by atoms with E-state index in [1.165, 1.54) is 0 Å². The van der Waals surface area contributed by atoms with Gasteiger partial charge in [-0.25, -0.2) is 0 Å². The SMILES string of the molecule is NC(=O)[C@@H](Cc1ccc(OCc2ccccc2)c(OCc2ccccc2)c1)NC(=O)C1CCCCC1. The molecule has 1 aliphatic rings. The van der Waals surface area contributed by atoms with E-state index in [0.29, 0.717) is 24.7 Å². The summed E-state index contributed by atoms with van der Waals surface area (Å²) in [6.45, 7) is 0.785. The van der Waals surface area contributed by atoms with Gasteiger partial charge in [-0.3, -0.25) is 9.59 Å². The van der Waals surface area contributed by atoms with Gasteiger partial charge in [-0.2, -0.15) is 0 Å². The molecule has 6 nitrogen and oxygen atoms in total. The molecule has 3 aromatic carbocycles. The van der Waals surface area contributed by atoms with Gasteiger partial charge >= 0.3 is 0 Å². The second-order valence-corrected chi connectivity index (χ2v) is 9.33. The van der Waals surface area contributed by atoms with Crippen molar-refractivity contribution < 1.29 is 19.1 Å². The van der Waals surface area contributed by atoms with Crippen LogP contribution < -0.4 is 20.5 Å². The highest BCUT2D eigenvalue weighted by molar-refractivity contribution is 5.87. The fourth-order valence-corrected chi connectivity index (χ4v) is 4.49. The Hall–Kier alpha value is -3.80. The van der Waals surface area contributed by atoms with Crippen molar-refractivity contribution in [3.8, 4) is 11.5 Å². The summed E-state index contributed by atoms with van der Waals surface area (Å²) in [5.41, 5.74) is 8.58. The number of benzene rings is 3. The lowest BCUT2D eigenvalue weighted by molar-refractivity contribution is -0.130. The zero-order chi connectivity index (χ0) is 25.2. The summed E-state index contributed by atoms with van der Waals surface area (Å²) in [7, 11) is 0. The molecule has 0 aromatic heterocycles. The minimum absolute atomic E-state index is 0.0425. The van der Waals surface area contributed by atoms with E-state index in [0.717, 1.165) is 48.8 Å². The molecule has 4 rings (SSSR count). The highest BCUT2D eigenvalue weighted by Crippen LogP contribution is 2.31. The number of hydrogen-bond acceptors (Lipinski definition) is 4. The molecule has 0 saturated heterocycles. The molecule has 1 aliphatic carbocycles. The molecular formula is C30H34N2O4. The summed E-state index contributed by atoms with van der Waals surface area (Å²) < 4.78 is 12.2. The Balaban J connectivity index is 1.48. The van der Waals surface area contributed by atoms with E-state index in [2.05, 4.69) is 5.32 Å². The highest BCUT2D eigenvalue weighted by Gasteiger charge is 2.26. The Morgan fingerprint density at radius 2 is 1.36 bits per heavy atom. The lowest BCUT2D eigenvalue weighted by Crippen LogP contribution is -2.48. The van der Waals surface area contributed by atoms with E-state index >= 15 is 0 Å². The van der Waals surface area contributed by atoms with Gasteiger partial charge in [0, 0.05) is 12.3 Å². The summed E-state index contributed by atoms with van der Waals surface area (Å²) in [5, 5.41) is 2.89. The van der Waals surface area contributed by atoms with Crippen molar-refractivity contribution in [2.45, 2.75) is 57.8 Å². The predicted octanol–water partition coefficient (Wildman–Crippen LogP) is 4.94. The summed E-state index contributed by atoms with van der Waals surface area (Å²) in [6.07, 6.45) is 5.27. The number of primary amides is 1. The fourth-order valence-electron chi connectivity index (χ4n) is 4.49. The highest BCUT2D eigenvalue weighted by atomic mass is 16.5. The summed E-state index contributed by atoms with van der Waals surface area (Å²) >= 11 is 0. The molecule has 1 saturated carbocycles. The number of rotatable bonds is 11. The van der Waals surface area contributed by atoms with E-state index in [1.54, 1.807) is 0 Å². The van der Waals surface area contributed by atoms with Gasteiger partial charge in [-0.05, 0) is 41.7 Å². The van der Waals surface area contributed by atoms with Crippen molar-refractivity contribution in [2.24, 2.45) is 11.7 Å². The lowest BCUT2D eigenvalue weighted by atomic mass is 9.88. The summed E-state index contributed by atoms with van der Waals surface area (Å²) in [5.74, 6) is 0.519. The van der Waals surface area contributed by atoms with Crippen LogP contribution >= 0.6 is 0 Å². The van der Waals surface area contributed by atoms with Crippen LogP contribution in [-0.2, 0) is 29.2 Å². The summed E-state index contributed by atoms with van der Waals surface area (Å²) in [6, 6.07) is 24.6. The zero-order valence-corrected chi connectivity index (χ0v) is 20.5. The topological polar surface area (TPSA) is 90.7 Å². The van der Waals surface area contributed by atoms with Crippen molar-refractivity contribution in [3.05, 3.63) is 95.6 Å². The maximum Gasteiger partial charge on any atom is 0.240 e. The molecule has 0 unspecified atom stereocenters. The average molecular weight is 487 g/mol. The van der Waals surface area contributed by atoms with E-state index in [4.69, 9.17) is 15.2 Å². The second-order valence-electron chi connectivity index (χ2n) is 9.33. The van der Waals surface area contributed by atoms with Crippen molar-refractivity contribution in [1.82, 2.24) is 5.32 Å². The number of carbonyl (C=O) groups excluding carboxylic acids is 2. The fraction of sp³-hybridized carbons (Fsp3) is 0.333. The van der Waals surface area contributed by atoms with E-state index in [9.17, 15) is 9.59 Å². The molecule has 6 heteroatoms. The lowest BCUT2D eigenvalue weighted by Gasteiger charge is -2.24. The van der Waals surface area contributed by atoms with Crippen molar-refractivity contribution in [2.75, 3.05) is 0 Å². The smallest absolute Gasteiger partial charge is 0.240 e. The van der Waals surface area contributed by atoms with Crippen LogP contribution in [0.1, 0.15) is 48.8 Å². The van der Waals surface area contributed by atoms with Gasteiger partial charge in [0.15, 0.2) is 11.5 Å². The Morgan fingerprint density at radius 1 is 0.778 bits per heavy atom. The van der Waals surface area contributed by atoms with Crippen LogP contribution in [-0.4, -0.2) is 17.9 Å². The predicted molar refractivity (Wildman–Crippen MR) is 139 cm³/mol. The summed E-state index contributed by atoms with van der Waals surface area (Å²) in [4.78, 5) is 24.9. The third-order valence-electron chi connectivity index (χ3n) is 6.56. The molecule has 0 aliphatic heterocycles. The molecule has 1 fully saturated rings. The normalized spacial score (nSPS) is 14.6. The number of carbonyl (C=O) groups is 2. The number of nitrogens with one attached hydrogen (secondary N) is 1. The van der Waals surface area contributed by atoms with Gasteiger partial charge in [0.2, 0.25) is 11.8 Å². The maximum atomic E-state index is 12.7. The Labute approximate surface area is 212 Å². The van der Waals surface area contributed by atoms with Crippen molar-refractivity contribution >= 4 is 11.8 Å². The average Bonchev–Trinajstić information content (AvgIpc) is 2.92. The number of nitrogens with two attached hydrogens (primary N) is 1. The number of ether oxygens (including phenoxy) is 2. The minimum Gasteiger partial charge on any atom is -0.485 e. The number of amides is 2.